The van der Waals surface area contributed by atoms with E-state index in [9.17, 15) is 0 Å². The van der Waals surface area contributed by atoms with Gasteiger partial charge in [-0.3, -0.25) is 0 Å². The molecule has 1 aliphatic rings. The summed E-state index contributed by atoms with van der Waals surface area (Å²) in [6.07, 6.45) is 1.18. The van der Waals surface area contributed by atoms with Gasteiger partial charge in [0, 0.05) is 30.4 Å². The van der Waals surface area contributed by atoms with Crippen molar-refractivity contribution in [1.82, 2.24) is 5.32 Å². The predicted octanol–water partition coefficient (Wildman–Crippen LogP) is 2.27. The fourth-order valence-electron chi connectivity index (χ4n) is 2.34. The molecular formula is C14H22N2O. The van der Waals surface area contributed by atoms with Gasteiger partial charge >= 0.3 is 0 Å². The Kier molecular flexibility index (Phi) is 3.57. The molecule has 1 fully saturated rings. The Morgan fingerprint density at radius 1 is 1.35 bits per heavy atom. The lowest BCUT2D eigenvalue weighted by atomic mass is 10.1. The molecule has 1 aromatic rings. The molecule has 3 nitrogen and oxygen atoms in total. The second kappa shape index (κ2) is 4.96. The Hall–Kier alpha value is -1.22. The number of nitrogens with one attached hydrogen (secondary N) is 1. The van der Waals surface area contributed by atoms with E-state index in [1.54, 1.807) is 7.11 Å². The summed E-state index contributed by atoms with van der Waals surface area (Å²) in [7, 11) is 1.72. The fraction of sp³-hybridized carbons (Fsp3) is 0.571. The molecule has 1 saturated heterocycles. The van der Waals surface area contributed by atoms with E-state index in [-0.39, 0.29) is 5.54 Å². The maximum Gasteiger partial charge on any atom is 0.120 e. The zero-order chi connectivity index (χ0) is 12.3. The minimum Gasteiger partial charge on any atom is -0.497 e. The minimum absolute atomic E-state index is 0.166. The van der Waals surface area contributed by atoms with Crippen LogP contribution < -0.4 is 15.0 Å². The topological polar surface area (TPSA) is 24.5 Å². The van der Waals surface area contributed by atoms with Crippen LogP contribution in [0.2, 0.25) is 0 Å². The zero-order valence-electron chi connectivity index (χ0n) is 11.0. The van der Waals surface area contributed by atoms with Crippen molar-refractivity contribution >= 4 is 5.69 Å². The molecule has 0 aliphatic carbocycles. The maximum atomic E-state index is 5.29. The highest BCUT2D eigenvalue weighted by molar-refractivity contribution is 5.51. The molecule has 1 aliphatic heterocycles. The standard InChI is InChI=1S/C14H22N2O/c1-14(2)11-16(9-5-8-15-14)12-6-4-7-13(10-12)17-3/h4,6-7,10,15H,5,8-9,11H2,1-3H3. The Labute approximate surface area is 104 Å². The van der Waals surface area contributed by atoms with E-state index in [1.807, 2.05) is 6.07 Å². The maximum absolute atomic E-state index is 5.29. The van der Waals surface area contributed by atoms with Gasteiger partial charge in [-0.1, -0.05) is 6.07 Å². The van der Waals surface area contributed by atoms with Crippen molar-refractivity contribution in [1.29, 1.82) is 0 Å². The predicted molar refractivity (Wildman–Crippen MR) is 71.9 cm³/mol. The van der Waals surface area contributed by atoms with Gasteiger partial charge < -0.3 is 15.0 Å². The molecule has 0 spiro atoms. The Morgan fingerprint density at radius 3 is 2.94 bits per heavy atom. The average Bonchev–Trinajstić information content (AvgIpc) is 2.50. The van der Waals surface area contributed by atoms with Crippen LogP contribution in [0.15, 0.2) is 24.3 Å². The van der Waals surface area contributed by atoms with Crippen LogP contribution >= 0.6 is 0 Å². The zero-order valence-corrected chi connectivity index (χ0v) is 11.0. The summed E-state index contributed by atoms with van der Waals surface area (Å²) in [6.45, 7) is 7.73. The third kappa shape index (κ3) is 3.13. The van der Waals surface area contributed by atoms with Gasteiger partial charge in [0.25, 0.3) is 0 Å². The van der Waals surface area contributed by atoms with Crippen molar-refractivity contribution in [2.45, 2.75) is 25.8 Å². The molecule has 1 aromatic carbocycles. The van der Waals surface area contributed by atoms with Gasteiger partial charge in [-0.2, -0.15) is 0 Å². The lowest BCUT2D eigenvalue weighted by Gasteiger charge is -2.31. The molecule has 3 heteroatoms. The SMILES string of the molecule is COc1cccc(N2CCCNC(C)(C)C2)c1. The summed E-state index contributed by atoms with van der Waals surface area (Å²) in [5.74, 6) is 0.928. The molecular weight excluding hydrogens is 212 g/mol. The third-order valence-corrected chi connectivity index (χ3v) is 3.21. The number of benzene rings is 1. The first-order valence-corrected chi connectivity index (χ1v) is 6.25. The Bertz CT molecular complexity index is 376. The van der Waals surface area contributed by atoms with Crippen molar-refractivity contribution in [3.8, 4) is 5.75 Å². The van der Waals surface area contributed by atoms with Crippen LogP contribution in [0.5, 0.6) is 5.75 Å². The van der Waals surface area contributed by atoms with Gasteiger partial charge in [0.15, 0.2) is 0 Å². The first-order chi connectivity index (χ1) is 8.11. The number of rotatable bonds is 2. The summed E-state index contributed by atoms with van der Waals surface area (Å²) in [5.41, 5.74) is 1.42. The second-order valence-electron chi connectivity index (χ2n) is 5.29. The quantitative estimate of drug-likeness (QED) is 0.849. The van der Waals surface area contributed by atoms with E-state index < -0.39 is 0 Å². The van der Waals surface area contributed by atoms with Crippen LogP contribution in [0.3, 0.4) is 0 Å². The molecule has 0 amide bonds. The second-order valence-corrected chi connectivity index (χ2v) is 5.29. The molecule has 17 heavy (non-hydrogen) atoms. The van der Waals surface area contributed by atoms with Gasteiger partial charge in [-0.05, 0) is 38.9 Å². The van der Waals surface area contributed by atoms with E-state index in [0.29, 0.717) is 0 Å². The largest absolute Gasteiger partial charge is 0.497 e. The molecule has 0 unspecified atom stereocenters. The van der Waals surface area contributed by atoms with Crippen molar-refractivity contribution in [2.75, 3.05) is 31.6 Å². The van der Waals surface area contributed by atoms with E-state index in [2.05, 4.69) is 42.3 Å². The van der Waals surface area contributed by atoms with Gasteiger partial charge in [-0.15, -0.1) is 0 Å². The monoisotopic (exact) mass is 234 g/mol. The van der Waals surface area contributed by atoms with Crippen LogP contribution in [-0.2, 0) is 0 Å². The van der Waals surface area contributed by atoms with Crippen molar-refractivity contribution in [3.05, 3.63) is 24.3 Å². The van der Waals surface area contributed by atoms with Crippen molar-refractivity contribution in [3.63, 3.8) is 0 Å². The highest BCUT2D eigenvalue weighted by atomic mass is 16.5. The number of hydrogen-bond acceptors (Lipinski definition) is 3. The van der Waals surface area contributed by atoms with Crippen LogP contribution in [0.1, 0.15) is 20.3 Å². The summed E-state index contributed by atoms with van der Waals surface area (Å²) in [6, 6.07) is 8.32. The summed E-state index contributed by atoms with van der Waals surface area (Å²) in [4.78, 5) is 2.43. The molecule has 94 valence electrons. The molecule has 1 N–H and O–H groups in total. The van der Waals surface area contributed by atoms with Gasteiger partial charge in [0.1, 0.15) is 5.75 Å². The molecule has 0 aromatic heterocycles. The Balaban J connectivity index is 2.19. The summed E-state index contributed by atoms with van der Waals surface area (Å²) in [5, 5.41) is 3.58. The summed E-state index contributed by atoms with van der Waals surface area (Å²) < 4.78 is 5.29. The number of methoxy groups -OCH3 is 1. The lowest BCUT2D eigenvalue weighted by molar-refractivity contribution is 0.411. The lowest BCUT2D eigenvalue weighted by Crippen LogP contribution is -2.46. The van der Waals surface area contributed by atoms with Gasteiger partial charge in [0.05, 0.1) is 7.11 Å². The molecule has 2 rings (SSSR count). The molecule has 0 radical (unpaired) electrons. The normalized spacial score (nSPS) is 19.8. The number of ether oxygens (including phenoxy) is 1. The van der Waals surface area contributed by atoms with E-state index in [0.717, 1.165) is 25.4 Å². The van der Waals surface area contributed by atoms with Crippen molar-refractivity contribution in [2.24, 2.45) is 0 Å². The smallest absolute Gasteiger partial charge is 0.120 e. The molecule has 0 saturated carbocycles. The first-order valence-electron chi connectivity index (χ1n) is 6.25. The van der Waals surface area contributed by atoms with Crippen LogP contribution in [0, 0.1) is 0 Å². The van der Waals surface area contributed by atoms with Crippen LogP contribution in [0.25, 0.3) is 0 Å². The van der Waals surface area contributed by atoms with Crippen molar-refractivity contribution < 1.29 is 4.74 Å². The van der Waals surface area contributed by atoms with E-state index >= 15 is 0 Å². The third-order valence-electron chi connectivity index (χ3n) is 3.21. The number of nitrogens with zero attached hydrogens (tertiary/aromatic N) is 1. The van der Waals surface area contributed by atoms with Crippen LogP contribution in [-0.4, -0.2) is 32.3 Å². The highest BCUT2D eigenvalue weighted by Gasteiger charge is 2.24. The molecule has 1 heterocycles. The van der Waals surface area contributed by atoms with Gasteiger partial charge in [-0.25, -0.2) is 0 Å². The van der Waals surface area contributed by atoms with E-state index in [1.165, 1.54) is 12.1 Å². The van der Waals surface area contributed by atoms with E-state index in [4.69, 9.17) is 4.74 Å². The summed E-state index contributed by atoms with van der Waals surface area (Å²) >= 11 is 0. The molecule has 0 bridgehead atoms. The highest BCUT2D eigenvalue weighted by Crippen LogP contribution is 2.23. The minimum atomic E-state index is 0.166. The average molecular weight is 234 g/mol. The number of anilines is 1. The molecule has 0 atom stereocenters. The van der Waals surface area contributed by atoms with Crippen LogP contribution in [0.4, 0.5) is 5.69 Å². The first kappa shape index (κ1) is 12.2. The number of hydrogen-bond donors (Lipinski definition) is 1. The fourth-order valence-corrected chi connectivity index (χ4v) is 2.34. The Morgan fingerprint density at radius 2 is 2.18 bits per heavy atom. The van der Waals surface area contributed by atoms with Gasteiger partial charge in [0.2, 0.25) is 0 Å².